The summed E-state index contributed by atoms with van der Waals surface area (Å²) in [5.74, 6) is -1.27. The number of alkyl carbamates (subject to hydrolysis) is 1. The van der Waals surface area contributed by atoms with Gasteiger partial charge in [0.25, 0.3) is 0 Å². The average molecular weight is 640 g/mol. The van der Waals surface area contributed by atoms with Crippen LogP contribution in [-0.2, 0) is 36.9 Å². The first-order valence-corrected chi connectivity index (χ1v) is 16.4. The number of para-hydroxylation sites is 1. The van der Waals surface area contributed by atoms with Crippen LogP contribution < -0.4 is 25.8 Å². The van der Waals surface area contributed by atoms with Gasteiger partial charge in [0.1, 0.15) is 23.2 Å². The summed E-state index contributed by atoms with van der Waals surface area (Å²) in [5, 5.41) is 12.2. The molecule has 244 valence electrons. The molecule has 45 heavy (non-hydrogen) atoms. The Morgan fingerprint density at radius 2 is 1.82 bits per heavy atom. The topological polar surface area (TPSA) is 137 Å². The molecular weight excluding hydrogens is 594 g/mol. The molecule has 11 nitrogen and oxygen atoms in total. The predicted octanol–water partition coefficient (Wildman–Crippen LogP) is 4.28. The number of ether oxygens (including phenoxy) is 1. The number of nitrogens with one attached hydrogen (secondary N) is 3. The second kappa shape index (κ2) is 13.6. The van der Waals surface area contributed by atoms with E-state index in [1.807, 2.05) is 48.9 Å². The highest BCUT2D eigenvalue weighted by Crippen LogP contribution is 2.40. The molecule has 12 heteroatoms. The fourth-order valence-corrected chi connectivity index (χ4v) is 6.20. The Morgan fingerprint density at radius 3 is 2.42 bits per heavy atom. The summed E-state index contributed by atoms with van der Waals surface area (Å²) in [5.41, 5.74) is 1.06. The zero-order chi connectivity index (χ0) is 33.1. The van der Waals surface area contributed by atoms with Gasteiger partial charge in [0.05, 0.1) is 17.9 Å². The maximum absolute atomic E-state index is 14.1. The van der Waals surface area contributed by atoms with Crippen molar-refractivity contribution >= 4 is 52.4 Å². The highest BCUT2D eigenvalue weighted by molar-refractivity contribution is 7.07. The molecule has 0 saturated carbocycles. The molecule has 5 amide bonds. The van der Waals surface area contributed by atoms with Crippen molar-refractivity contribution in [1.29, 1.82) is 0 Å². The second-order valence-corrected chi connectivity index (χ2v) is 14.4. The Kier molecular flexibility index (Phi) is 10.3. The standard InChI is InChI=1S/C33H45N5O6S/c1-20(2)16-23(35-30(42)33(6,7)36-31(43)44-32(3,4)5)28(40)34-24-17-22-10-8-11-25(37-14-9-12-26(37)39)27(22)38(29(24)41)18-21-13-15-45-19-21/h8,10-11,13,15,19-20,23-24H,9,12,14,16-18H2,1-7H3,(H,34,40)(H,35,42)(H,36,43)/t23-,24?/m1/s1. The van der Waals surface area contributed by atoms with Crippen LogP contribution in [-0.4, -0.2) is 59.5 Å². The third kappa shape index (κ3) is 8.42. The first kappa shape index (κ1) is 34.0. The summed E-state index contributed by atoms with van der Waals surface area (Å²) in [6.07, 6.45) is 1.03. The van der Waals surface area contributed by atoms with E-state index in [2.05, 4.69) is 16.0 Å². The van der Waals surface area contributed by atoms with Crippen LogP contribution in [0.4, 0.5) is 16.2 Å². The molecular formula is C33H45N5O6S. The third-order valence-electron chi connectivity index (χ3n) is 7.67. The molecule has 1 aromatic heterocycles. The summed E-state index contributed by atoms with van der Waals surface area (Å²) in [7, 11) is 0. The lowest BCUT2D eigenvalue weighted by Crippen LogP contribution is -2.61. The van der Waals surface area contributed by atoms with Gasteiger partial charge in [0, 0.05) is 19.4 Å². The van der Waals surface area contributed by atoms with Gasteiger partial charge in [-0.25, -0.2) is 4.79 Å². The Morgan fingerprint density at radius 1 is 1.09 bits per heavy atom. The number of rotatable bonds is 10. The maximum atomic E-state index is 14.1. The highest BCUT2D eigenvalue weighted by atomic mass is 32.1. The number of carbonyl (C=O) groups excluding carboxylic acids is 5. The number of carbonyl (C=O) groups is 5. The molecule has 2 aromatic rings. The lowest BCUT2D eigenvalue weighted by Gasteiger charge is -2.38. The molecule has 3 N–H and O–H groups in total. The fraction of sp³-hybridized carbons (Fsp3) is 0.545. The first-order valence-electron chi connectivity index (χ1n) is 15.4. The molecule has 0 aliphatic carbocycles. The van der Waals surface area contributed by atoms with Gasteiger partial charge >= 0.3 is 6.09 Å². The van der Waals surface area contributed by atoms with E-state index in [1.165, 1.54) is 25.2 Å². The van der Waals surface area contributed by atoms with E-state index >= 15 is 0 Å². The molecule has 1 saturated heterocycles. The Labute approximate surface area is 269 Å². The van der Waals surface area contributed by atoms with Crippen molar-refractivity contribution in [2.75, 3.05) is 16.3 Å². The number of nitrogens with zero attached hydrogens (tertiary/aromatic N) is 2. The van der Waals surface area contributed by atoms with Gasteiger partial charge < -0.3 is 30.5 Å². The number of thiophene rings is 1. The monoisotopic (exact) mass is 639 g/mol. The minimum absolute atomic E-state index is 0.0260. The van der Waals surface area contributed by atoms with Crippen LogP contribution in [0, 0.1) is 5.92 Å². The molecule has 4 rings (SSSR count). The third-order valence-corrected chi connectivity index (χ3v) is 8.40. The quantitative estimate of drug-likeness (QED) is 0.355. The van der Waals surface area contributed by atoms with E-state index in [1.54, 1.807) is 30.6 Å². The molecule has 2 aliphatic rings. The van der Waals surface area contributed by atoms with Crippen LogP contribution in [0.3, 0.4) is 0 Å². The van der Waals surface area contributed by atoms with Crippen molar-refractivity contribution in [2.45, 2.75) is 104 Å². The van der Waals surface area contributed by atoms with Crippen LogP contribution in [0.25, 0.3) is 0 Å². The Bertz CT molecular complexity index is 1430. The van der Waals surface area contributed by atoms with Crippen molar-refractivity contribution in [3.8, 4) is 0 Å². The molecule has 1 fully saturated rings. The first-order chi connectivity index (χ1) is 21.1. The SMILES string of the molecule is CC(C)C[C@@H](NC(=O)C(C)(C)NC(=O)OC(C)(C)C)C(=O)NC1Cc2cccc(N3CCCC3=O)c2N(Cc2ccsc2)C1=O. The van der Waals surface area contributed by atoms with E-state index in [0.29, 0.717) is 30.8 Å². The fourth-order valence-electron chi connectivity index (χ4n) is 5.54. The lowest BCUT2D eigenvalue weighted by molar-refractivity contribution is -0.133. The van der Waals surface area contributed by atoms with Crippen molar-refractivity contribution in [3.05, 3.63) is 46.2 Å². The molecule has 1 unspecified atom stereocenters. The minimum atomic E-state index is -1.38. The summed E-state index contributed by atoms with van der Waals surface area (Å²) in [4.78, 5) is 69.7. The van der Waals surface area contributed by atoms with E-state index < -0.39 is 41.1 Å². The predicted molar refractivity (Wildman–Crippen MR) is 174 cm³/mol. The molecule has 1 aromatic carbocycles. The van der Waals surface area contributed by atoms with Gasteiger partial charge in [0.2, 0.25) is 23.6 Å². The summed E-state index contributed by atoms with van der Waals surface area (Å²) >= 11 is 1.53. The summed E-state index contributed by atoms with van der Waals surface area (Å²) in [6.45, 7) is 13.0. The largest absolute Gasteiger partial charge is 0.444 e. The van der Waals surface area contributed by atoms with Crippen molar-refractivity contribution in [3.63, 3.8) is 0 Å². The van der Waals surface area contributed by atoms with E-state index in [-0.39, 0.29) is 30.7 Å². The van der Waals surface area contributed by atoms with E-state index in [4.69, 9.17) is 4.74 Å². The van der Waals surface area contributed by atoms with Crippen molar-refractivity contribution < 1.29 is 28.7 Å². The molecule has 0 bridgehead atoms. The van der Waals surface area contributed by atoms with Gasteiger partial charge in [-0.2, -0.15) is 11.3 Å². The zero-order valence-corrected chi connectivity index (χ0v) is 28.0. The van der Waals surface area contributed by atoms with Crippen molar-refractivity contribution in [2.24, 2.45) is 5.92 Å². The summed E-state index contributed by atoms with van der Waals surface area (Å²) in [6, 6.07) is 5.78. The van der Waals surface area contributed by atoms with Crippen molar-refractivity contribution in [1.82, 2.24) is 16.0 Å². The van der Waals surface area contributed by atoms with Crippen LogP contribution in [0.5, 0.6) is 0 Å². The number of fused-ring (bicyclic) bond motifs is 1. The smallest absolute Gasteiger partial charge is 0.408 e. The van der Waals surface area contributed by atoms with Gasteiger partial charge in [-0.1, -0.05) is 26.0 Å². The Balaban J connectivity index is 1.57. The van der Waals surface area contributed by atoms with Crippen LogP contribution in [0.1, 0.15) is 78.9 Å². The minimum Gasteiger partial charge on any atom is -0.444 e. The van der Waals surface area contributed by atoms with E-state index in [9.17, 15) is 24.0 Å². The number of amides is 5. The number of hydrogen-bond donors (Lipinski definition) is 3. The van der Waals surface area contributed by atoms with Gasteiger partial charge in [-0.15, -0.1) is 0 Å². The number of anilines is 2. The van der Waals surface area contributed by atoms with E-state index in [0.717, 1.165) is 17.5 Å². The summed E-state index contributed by atoms with van der Waals surface area (Å²) < 4.78 is 5.30. The second-order valence-electron chi connectivity index (χ2n) is 13.7. The molecule has 2 aliphatic heterocycles. The van der Waals surface area contributed by atoms with Gasteiger partial charge in [-0.3, -0.25) is 19.2 Å². The lowest BCUT2D eigenvalue weighted by atomic mass is 9.94. The van der Waals surface area contributed by atoms with Gasteiger partial charge in [0.15, 0.2) is 0 Å². The maximum Gasteiger partial charge on any atom is 0.408 e. The molecule has 0 spiro atoms. The average Bonchev–Trinajstić information content (AvgIpc) is 3.60. The number of benzene rings is 1. The highest BCUT2D eigenvalue weighted by Gasteiger charge is 2.40. The van der Waals surface area contributed by atoms with Gasteiger partial charge in [-0.05, 0) is 87.4 Å². The van der Waals surface area contributed by atoms with Crippen LogP contribution >= 0.6 is 11.3 Å². The number of hydrogen-bond acceptors (Lipinski definition) is 7. The van der Waals surface area contributed by atoms with Crippen LogP contribution in [0.2, 0.25) is 0 Å². The van der Waals surface area contributed by atoms with Crippen LogP contribution in [0.15, 0.2) is 35.0 Å². The Hall–Kier alpha value is -3.93. The molecule has 3 heterocycles. The molecule has 2 atom stereocenters. The zero-order valence-electron chi connectivity index (χ0n) is 27.2. The normalized spacial score (nSPS) is 17.6. The molecule has 0 radical (unpaired) electrons.